The molecule has 1 aliphatic carbocycles. The van der Waals surface area contributed by atoms with Crippen molar-refractivity contribution in [3.05, 3.63) is 12.2 Å². The summed E-state index contributed by atoms with van der Waals surface area (Å²) in [6.07, 6.45) is -0.323. The molecule has 0 N–H and O–H groups in total. The zero-order chi connectivity index (χ0) is 10.1. The fourth-order valence-electron chi connectivity index (χ4n) is 0.794. The Hall–Kier alpha value is -0.770. The minimum Gasteiger partial charge on any atom is -0.193 e. The van der Waals surface area contributed by atoms with E-state index in [1.807, 2.05) is 6.07 Å². The summed E-state index contributed by atoms with van der Waals surface area (Å²) in [5, 5.41) is 8.26. The van der Waals surface area contributed by atoms with E-state index in [0.29, 0.717) is 0 Å². The molecule has 0 bridgehead atoms. The lowest BCUT2D eigenvalue weighted by atomic mass is 10.1. The normalized spacial score (nSPS) is 38.6. The van der Waals surface area contributed by atoms with E-state index >= 15 is 0 Å². The smallest absolute Gasteiger partial charge is 0.0908 e. The van der Waals surface area contributed by atoms with Crippen LogP contribution in [0.3, 0.4) is 0 Å². The van der Waals surface area contributed by atoms with Crippen molar-refractivity contribution in [2.45, 2.75) is 25.6 Å². The molecule has 1 rings (SSSR count). The van der Waals surface area contributed by atoms with E-state index in [9.17, 15) is 0 Å². The van der Waals surface area contributed by atoms with Crippen LogP contribution in [-0.4, -0.2) is 0 Å². The maximum atomic E-state index is 8.26. The molecule has 1 heteroatoms. The van der Waals surface area contributed by atoms with Crippen LogP contribution in [-0.2, 0) is 0 Å². The predicted molar refractivity (Wildman–Crippen MR) is 36.7 cm³/mol. The molecule has 0 aromatic rings. The van der Waals surface area contributed by atoms with E-state index in [1.54, 1.807) is 6.08 Å². The van der Waals surface area contributed by atoms with Crippen LogP contribution in [0.1, 0.15) is 31.1 Å². The zero-order valence-corrected chi connectivity index (χ0v) is 5.09. The highest BCUT2D eigenvalue weighted by atomic mass is 14.2. The molecule has 1 fully saturated rings. The highest BCUT2D eigenvalue weighted by Gasteiger charge is 2.10. The van der Waals surface area contributed by atoms with E-state index < -0.39 is 12.7 Å². The van der Waals surface area contributed by atoms with Gasteiger partial charge in [-0.25, -0.2) is 0 Å². The first-order chi connectivity index (χ1) is 5.89. The lowest BCUT2D eigenvalue weighted by molar-refractivity contribution is 0.686. The van der Waals surface area contributed by atoms with Crippen molar-refractivity contribution in [1.82, 2.24) is 0 Å². The Morgan fingerprint density at radius 2 is 2.22 bits per heavy atom. The second-order valence-electron chi connectivity index (χ2n) is 2.01. The second-order valence-corrected chi connectivity index (χ2v) is 2.01. The number of hydrogen-bond acceptors (Lipinski definition) is 1. The van der Waals surface area contributed by atoms with Crippen molar-refractivity contribution >= 4 is 0 Å². The maximum absolute atomic E-state index is 8.26. The molecule has 1 saturated carbocycles. The van der Waals surface area contributed by atoms with Gasteiger partial charge in [0.1, 0.15) is 0 Å². The first-order valence-corrected chi connectivity index (χ1v) is 2.95. The first kappa shape index (κ1) is 2.88. The lowest BCUT2D eigenvalue weighted by Gasteiger charge is -1.95. The van der Waals surface area contributed by atoms with Crippen molar-refractivity contribution in [3.8, 4) is 6.07 Å². The third kappa shape index (κ3) is 1.89. The molecule has 1 nitrogen and oxygen atoms in total. The molecular weight excluding hydrogens is 110 g/mol. The molecule has 0 aromatic carbocycles. The number of hydrogen-bond donors (Lipinski definition) is 0. The number of nitrogens with zero attached hydrogens (tertiary/aromatic N) is 1. The Morgan fingerprint density at radius 3 is 2.78 bits per heavy atom. The molecule has 0 unspecified atom stereocenters. The van der Waals surface area contributed by atoms with E-state index in [1.165, 1.54) is 6.08 Å². The summed E-state index contributed by atoms with van der Waals surface area (Å²) in [6, 6.07) is 1.82. The highest BCUT2D eigenvalue weighted by Crippen LogP contribution is 2.25. The lowest BCUT2D eigenvalue weighted by Crippen LogP contribution is -1.83. The first-order valence-electron chi connectivity index (χ1n) is 4.95. The summed E-state index contributed by atoms with van der Waals surface area (Å²) in [6.45, 7) is 0. The number of rotatable bonds is 1. The molecule has 0 spiro atoms. The molecule has 0 saturated heterocycles. The summed E-state index contributed by atoms with van der Waals surface area (Å²) in [4.78, 5) is 0. The van der Waals surface area contributed by atoms with E-state index in [2.05, 4.69) is 0 Å². The third-order valence-electron chi connectivity index (χ3n) is 1.30. The second kappa shape index (κ2) is 3.29. The van der Waals surface area contributed by atoms with E-state index in [-0.39, 0.29) is 18.8 Å². The summed E-state index contributed by atoms with van der Waals surface area (Å²) < 4.78 is 29.7. The van der Waals surface area contributed by atoms with Gasteiger partial charge >= 0.3 is 0 Å². The highest BCUT2D eigenvalue weighted by molar-refractivity contribution is 5.04. The van der Waals surface area contributed by atoms with Gasteiger partial charge in [0, 0.05) is 11.6 Å². The van der Waals surface area contributed by atoms with Crippen LogP contribution in [0.5, 0.6) is 0 Å². The quantitative estimate of drug-likeness (QED) is 0.493. The average Bonchev–Trinajstić information content (AvgIpc) is 2.17. The monoisotopic (exact) mass is 125 g/mol. The van der Waals surface area contributed by atoms with Crippen molar-refractivity contribution in [3.63, 3.8) is 0 Å². The van der Waals surface area contributed by atoms with Crippen LogP contribution in [0.15, 0.2) is 12.2 Å². The van der Waals surface area contributed by atoms with Gasteiger partial charge in [0.2, 0.25) is 0 Å². The zero-order valence-electron chi connectivity index (χ0n) is 9.09. The van der Waals surface area contributed by atoms with Crippen LogP contribution in [0.4, 0.5) is 0 Å². The van der Waals surface area contributed by atoms with Crippen LogP contribution in [0.2, 0.25) is 0 Å². The maximum Gasteiger partial charge on any atom is 0.0908 e. The molecule has 0 amide bonds. The van der Waals surface area contributed by atoms with Gasteiger partial charge in [-0.15, -0.1) is 0 Å². The van der Waals surface area contributed by atoms with Crippen LogP contribution in [0.25, 0.3) is 0 Å². The Bertz CT molecular complexity index is 248. The standard InChI is InChI=1S/C8H11N/c9-7-3-6-8-4-1-2-5-8/h3,6,8H,1-2,4-5H2/i1D2,2D2. The summed E-state index contributed by atoms with van der Waals surface area (Å²) in [7, 11) is 0. The topological polar surface area (TPSA) is 23.8 Å². The van der Waals surface area contributed by atoms with Crippen molar-refractivity contribution in [2.75, 3.05) is 0 Å². The molecule has 9 heavy (non-hydrogen) atoms. The van der Waals surface area contributed by atoms with E-state index in [4.69, 9.17) is 10.7 Å². The molecule has 48 valence electrons. The van der Waals surface area contributed by atoms with Crippen molar-refractivity contribution in [1.29, 1.82) is 5.26 Å². The Morgan fingerprint density at radius 1 is 1.56 bits per heavy atom. The Kier molecular flexibility index (Phi) is 1.05. The van der Waals surface area contributed by atoms with Gasteiger partial charge in [-0.2, -0.15) is 5.26 Å². The summed E-state index contributed by atoms with van der Waals surface area (Å²) >= 11 is 0. The number of nitriles is 1. The molecule has 0 radical (unpaired) electrons. The molecule has 0 aromatic heterocycles. The molecule has 0 heterocycles. The fraction of sp³-hybridized carbons (Fsp3) is 0.625. The largest absolute Gasteiger partial charge is 0.193 e. The minimum atomic E-state index is -1.77. The van der Waals surface area contributed by atoms with Gasteiger partial charge in [-0.3, -0.25) is 0 Å². The van der Waals surface area contributed by atoms with Crippen LogP contribution >= 0.6 is 0 Å². The average molecular weight is 125 g/mol. The number of allylic oxidation sites excluding steroid dienone is 2. The van der Waals surface area contributed by atoms with Gasteiger partial charge in [0.25, 0.3) is 0 Å². The molecule has 1 aliphatic rings. The third-order valence-corrected chi connectivity index (χ3v) is 1.30. The van der Waals surface area contributed by atoms with Crippen LogP contribution < -0.4 is 0 Å². The van der Waals surface area contributed by atoms with Gasteiger partial charge in [0.15, 0.2) is 0 Å². The van der Waals surface area contributed by atoms with Crippen molar-refractivity contribution in [2.24, 2.45) is 5.92 Å². The predicted octanol–water partition coefficient (Wildman–Crippen LogP) is 2.26. The van der Waals surface area contributed by atoms with Gasteiger partial charge in [-0.05, 0) is 18.8 Å². The van der Waals surface area contributed by atoms with Crippen LogP contribution in [0, 0.1) is 17.2 Å². The Labute approximate surface area is 61.6 Å². The molecule has 0 aliphatic heterocycles. The molecule has 0 atom stereocenters. The minimum absolute atomic E-state index is 0.148. The van der Waals surface area contributed by atoms with Gasteiger partial charge in [-0.1, -0.05) is 18.8 Å². The van der Waals surface area contributed by atoms with Gasteiger partial charge < -0.3 is 0 Å². The SMILES string of the molecule is [2H]C1([2H])CC(C=CC#N)CC1([2H])[2H]. The summed E-state index contributed by atoms with van der Waals surface area (Å²) in [5.74, 6) is -0.148. The fourth-order valence-corrected chi connectivity index (χ4v) is 0.794. The van der Waals surface area contributed by atoms with Gasteiger partial charge in [0.05, 0.1) is 6.07 Å². The summed E-state index contributed by atoms with van der Waals surface area (Å²) in [5.41, 5.74) is 0. The molecular formula is C8H11N. The Balaban J connectivity index is 2.72. The van der Waals surface area contributed by atoms with E-state index in [0.717, 1.165) is 0 Å². The van der Waals surface area contributed by atoms with Crippen molar-refractivity contribution < 1.29 is 5.48 Å².